The van der Waals surface area contributed by atoms with Crippen LogP contribution in [0.5, 0.6) is 0 Å². The van der Waals surface area contributed by atoms with Crippen LogP contribution >= 0.6 is 11.8 Å². The van der Waals surface area contributed by atoms with Crippen LogP contribution in [0.15, 0.2) is 53.4 Å². The fraction of sp³-hybridized carbons (Fsp3) is 0.368. The number of benzene rings is 2. The number of hydrogen-bond acceptors (Lipinski definition) is 3. The van der Waals surface area contributed by atoms with Gasteiger partial charge in [-0.1, -0.05) is 42.5 Å². The number of thioether (sulfide) groups is 1. The molecular formula is C19H23BO2S. The minimum Gasteiger partial charge on any atom is -0.399 e. The average Bonchev–Trinajstić information content (AvgIpc) is 2.75. The van der Waals surface area contributed by atoms with E-state index in [9.17, 15) is 0 Å². The minimum atomic E-state index is -0.328. The van der Waals surface area contributed by atoms with Crippen molar-refractivity contribution in [1.29, 1.82) is 0 Å². The molecule has 0 unspecified atom stereocenters. The smallest absolute Gasteiger partial charge is 0.399 e. The van der Waals surface area contributed by atoms with Gasteiger partial charge in [0.15, 0.2) is 0 Å². The van der Waals surface area contributed by atoms with E-state index in [4.69, 9.17) is 9.31 Å². The van der Waals surface area contributed by atoms with Crippen LogP contribution in [0.3, 0.4) is 0 Å². The lowest BCUT2D eigenvalue weighted by molar-refractivity contribution is 0.00578. The van der Waals surface area contributed by atoms with Gasteiger partial charge < -0.3 is 9.31 Å². The van der Waals surface area contributed by atoms with E-state index in [1.165, 1.54) is 16.0 Å². The van der Waals surface area contributed by atoms with Crippen molar-refractivity contribution in [2.24, 2.45) is 0 Å². The second kappa shape index (κ2) is 6.01. The van der Waals surface area contributed by atoms with Gasteiger partial charge in [0, 0.05) is 4.90 Å². The zero-order valence-corrected chi connectivity index (χ0v) is 15.2. The number of rotatable bonds is 3. The normalized spacial score (nSPS) is 19.1. The predicted molar refractivity (Wildman–Crippen MR) is 99.4 cm³/mol. The molecule has 1 heterocycles. The maximum atomic E-state index is 6.25. The van der Waals surface area contributed by atoms with Crippen molar-refractivity contribution in [2.75, 3.05) is 6.26 Å². The Bertz CT molecular complexity index is 682. The van der Waals surface area contributed by atoms with Crippen LogP contribution in [0.25, 0.3) is 11.1 Å². The van der Waals surface area contributed by atoms with Crippen LogP contribution in [0.1, 0.15) is 27.7 Å². The van der Waals surface area contributed by atoms with E-state index >= 15 is 0 Å². The lowest BCUT2D eigenvalue weighted by atomic mass is 9.77. The van der Waals surface area contributed by atoms with Gasteiger partial charge in [0.1, 0.15) is 0 Å². The van der Waals surface area contributed by atoms with Crippen LogP contribution in [-0.2, 0) is 9.31 Å². The highest BCUT2D eigenvalue weighted by Crippen LogP contribution is 2.37. The van der Waals surface area contributed by atoms with Gasteiger partial charge in [-0.15, -0.1) is 11.8 Å². The first-order chi connectivity index (χ1) is 10.8. The van der Waals surface area contributed by atoms with E-state index in [0.29, 0.717) is 0 Å². The molecule has 2 aromatic rings. The second-order valence-corrected chi connectivity index (χ2v) is 7.76. The van der Waals surface area contributed by atoms with E-state index in [0.717, 1.165) is 5.46 Å². The van der Waals surface area contributed by atoms with E-state index in [2.05, 4.69) is 76.4 Å². The first-order valence-corrected chi connectivity index (χ1v) is 9.15. The third kappa shape index (κ3) is 3.08. The highest BCUT2D eigenvalue weighted by molar-refractivity contribution is 7.98. The highest BCUT2D eigenvalue weighted by Gasteiger charge is 2.52. The van der Waals surface area contributed by atoms with Crippen LogP contribution in [-0.4, -0.2) is 24.6 Å². The Morgan fingerprint density at radius 3 is 2.00 bits per heavy atom. The summed E-state index contributed by atoms with van der Waals surface area (Å²) in [6.45, 7) is 8.36. The van der Waals surface area contributed by atoms with Gasteiger partial charge in [-0.3, -0.25) is 0 Å². The molecule has 0 radical (unpaired) electrons. The van der Waals surface area contributed by atoms with Crippen LogP contribution < -0.4 is 5.46 Å². The van der Waals surface area contributed by atoms with Gasteiger partial charge in [-0.2, -0.15) is 0 Å². The number of hydrogen-bond donors (Lipinski definition) is 0. The minimum absolute atomic E-state index is 0.323. The lowest BCUT2D eigenvalue weighted by Gasteiger charge is -2.32. The molecule has 0 aliphatic carbocycles. The van der Waals surface area contributed by atoms with Gasteiger partial charge in [0.25, 0.3) is 0 Å². The maximum Gasteiger partial charge on any atom is 0.496 e. The summed E-state index contributed by atoms with van der Waals surface area (Å²) in [6.07, 6.45) is 2.09. The summed E-state index contributed by atoms with van der Waals surface area (Å²) in [5.74, 6) is 0. The average molecular weight is 326 g/mol. The van der Waals surface area contributed by atoms with Crippen molar-refractivity contribution in [3.05, 3.63) is 48.5 Å². The molecule has 2 nitrogen and oxygen atoms in total. The SMILES string of the molecule is CSc1ccc(-c2ccccc2)cc1B1OC(C)(C)C(C)(C)O1. The Labute approximate surface area is 143 Å². The monoisotopic (exact) mass is 326 g/mol. The highest BCUT2D eigenvalue weighted by atomic mass is 32.2. The standard InChI is InChI=1S/C19H23BO2S/c1-18(2)19(3,4)22-20(21-18)16-13-15(11-12-17(16)23-5)14-9-7-6-8-10-14/h6-13H,1-5H3. The third-order valence-corrected chi connectivity index (χ3v) is 5.66. The molecule has 1 saturated heterocycles. The summed E-state index contributed by atoms with van der Waals surface area (Å²) in [5.41, 5.74) is 2.86. The molecule has 0 bridgehead atoms. The van der Waals surface area contributed by atoms with Gasteiger partial charge in [0.05, 0.1) is 11.2 Å². The van der Waals surface area contributed by atoms with Crippen molar-refractivity contribution >= 4 is 24.3 Å². The van der Waals surface area contributed by atoms with Crippen molar-refractivity contribution < 1.29 is 9.31 Å². The van der Waals surface area contributed by atoms with Gasteiger partial charge in [0.2, 0.25) is 0 Å². The summed E-state index contributed by atoms with van der Waals surface area (Å²) in [4.78, 5) is 1.20. The lowest BCUT2D eigenvalue weighted by Crippen LogP contribution is -2.41. The van der Waals surface area contributed by atoms with Crippen LogP contribution in [0, 0.1) is 0 Å². The molecule has 0 amide bonds. The zero-order valence-electron chi connectivity index (χ0n) is 14.4. The summed E-state index contributed by atoms with van der Waals surface area (Å²) in [7, 11) is -0.328. The Morgan fingerprint density at radius 2 is 1.43 bits per heavy atom. The van der Waals surface area contributed by atoms with E-state index < -0.39 is 0 Å². The maximum absolute atomic E-state index is 6.25. The molecule has 0 aromatic heterocycles. The van der Waals surface area contributed by atoms with Crippen LogP contribution in [0.4, 0.5) is 0 Å². The molecule has 1 aliphatic heterocycles. The fourth-order valence-electron chi connectivity index (χ4n) is 2.70. The first kappa shape index (κ1) is 16.6. The molecule has 0 saturated carbocycles. The largest absolute Gasteiger partial charge is 0.496 e. The molecular weight excluding hydrogens is 303 g/mol. The van der Waals surface area contributed by atoms with Crippen molar-refractivity contribution in [2.45, 2.75) is 43.8 Å². The summed E-state index contributed by atoms with van der Waals surface area (Å²) >= 11 is 1.73. The fourth-order valence-corrected chi connectivity index (χ4v) is 3.29. The quantitative estimate of drug-likeness (QED) is 0.616. The zero-order chi connectivity index (χ0) is 16.7. The second-order valence-electron chi connectivity index (χ2n) is 6.91. The molecule has 3 rings (SSSR count). The molecule has 0 N–H and O–H groups in total. The van der Waals surface area contributed by atoms with Crippen molar-refractivity contribution in [3.8, 4) is 11.1 Å². The van der Waals surface area contributed by atoms with Gasteiger partial charge in [-0.25, -0.2) is 0 Å². The Morgan fingerprint density at radius 1 is 0.826 bits per heavy atom. The predicted octanol–water partition coefficient (Wildman–Crippen LogP) is 4.37. The molecule has 4 heteroatoms. The molecule has 1 aliphatic rings. The Kier molecular flexibility index (Phi) is 4.34. The molecule has 0 atom stereocenters. The molecule has 0 spiro atoms. The van der Waals surface area contributed by atoms with Gasteiger partial charge >= 0.3 is 7.12 Å². The first-order valence-electron chi connectivity index (χ1n) is 7.93. The van der Waals surface area contributed by atoms with Crippen molar-refractivity contribution in [3.63, 3.8) is 0 Å². The van der Waals surface area contributed by atoms with Crippen molar-refractivity contribution in [1.82, 2.24) is 0 Å². The summed E-state index contributed by atoms with van der Waals surface area (Å²) in [6, 6.07) is 16.9. The van der Waals surface area contributed by atoms with E-state index in [1.807, 2.05) is 6.07 Å². The van der Waals surface area contributed by atoms with E-state index in [1.54, 1.807) is 11.8 Å². The molecule has 120 valence electrons. The van der Waals surface area contributed by atoms with E-state index in [-0.39, 0.29) is 18.3 Å². The summed E-state index contributed by atoms with van der Waals surface area (Å²) < 4.78 is 12.5. The van der Waals surface area contributed by atoms with Gasteiger partial charge in [-0.05, 0) is 56.6 Å². The molecule has 23 heavy (non-hydrogen) atoms. The Balaban J connectivity index is 2.02. The summed E-state index contributed by atoms with van der Waals surface area (Å²) in [5, 5.41) is 0. The Hall–Kier alpha value is -1.23. The molecule has 2 aromatic carbocycles. The molecule has 1 fully saturated rings. The van der Waals surface area contributed by atoms with Crippen LogP contribution in [0.2, 0.25) is 0 Å². The topological polar surface area (TPSA) is 18.5 Å². The third-order valence-electron chi connectivity index (χ3n) is 4.84.